The Hall–Kier alpha value is -3.83. The standard InChI is InChI=1S/C25H21F6N5O/c1-11-7-14(10-15-20(11)34-35(3)21(15)13-8-16(26)19(28)17(27)9-13)32-24(37)22-23(25(29,30)31)33-18-6-4-5-12(2)36(18)22/h4-6,8-9,11,14H,7,10H2,1-3H3,(H,32,37). The van der Waals surface area contributed by atoms with Gasteiger partial charge in [-0.25, -0.2) is 18.2 Å². The first-order valence-electron chi connectivity index (χ1n) is 11.4. The van der Waals surface area contributed by atoms with Gasteiger partial charge in [0, 0.05) is 35.8 Å². The highest BCUT2D eigenvalue weighted by Gasteiger charge is 2.41. The molecule has 6 nitrogen and oxygen atoms in total. The Balaban J connectivity index is 1.53. The van der Waals surface area contributed by atoms with Crippen LogP contribution in [-0.2, 0) is 19.6 Å². The second kappa shape index (κ2) is 8.63. The summed E-state index contributed by atoms with van der Waals surface area (Å²) in [5.74, 6) is -5.49. The summed E-state index contributed by atoms with van der Waals surface area (Å²) in [6.07, 6.45) is -4.34. The molecule has 3 heterocycles. The number of amides is 1. The fraction of sp³-hybridized carbons (Fsp3) is 0.320. The van der Waals surface area contributed by atoms with E-state index in [1.165, 1.54) is 10.7 Å². The largest absolute Gasteiger partial charge is 0.435 e. The summed E-state index contributed by atoms with van der Waals surface area (Å²) in [6.45, 7) is 3.41. The van der Waals surface area contributed by atoms with Crippen LogP contribution in [0, 0.1) is 24.4 Å². The number of imidazole rings is 1. The number of aryl methyl sites for hydroxylation is 2. The van der Waals surface area contributed by atoms with Gasteiger partial charge in [0.2, 0.25) is 0 Å². The van der Waals surface area contributed by atoms with E-state index in [0.717, 1.165) is 16.5 Å². The van der Waals surface area contributed by atoms with Crippen LogP contribution in [-0.4, -0.2) is 31.1 Å². The summed E-state index contributed by atoms with van der Waals surface area (Å²) < 4.78 is 85.5. The molecular weight excluding hydrogens is 500 g/mol. The van der Waals surface area contributed by atoms with E-state index in [4.69, 9.17) is 0 Å². The lowest BCUT2D eigenvalue weighted by Crippen LogP contribution is -2.40. The Bertz CT molecular complexity index is 1530. The average molecular weight is 521 g/mol. The van der Waals surface area contributed by atoms with Crippen molar-refractivity contribution < 1.29 is 31.1 Å². The summed E-state index contributed by atoms with van der Waals surface area (Å²) in [4.78, 5) is 16.9. The van der Waals surface area contributed by atoms with Gasteiger partial charge in [-0.15, -0.1) is 0 Å². The molecule has 1 aliphatic carbocycles. The Morgan fingerprint density at radius 1 is 1.14 bits per heavy atom. The molecule has 1 aliphatic rings. The van der Waals surface area contributed by atoms with E-state index in [-0.39, 0.29) is 23.5 Å². The first-order valence-corrected chi connectivity index (χ1v) is 11.4. The van der Waals surface area contributed by atoms with Crippen LogP contribution in [0.1, 0.15) is 52.4 Å². The zero-order valence-electron chi connectivity index (χ0n) is 19.9. The number of fused-ring (bicyclic) bond motifs is 2. The number of pyridine rings is 1. The van der Waals surface area contributed by atoms with Crippen molar-refractivity contribution in [1.29, 1.82) is 0 Å². The van der Waals surface area contributed by atoms with E-state index in [0.29, 0.717) is 29.1 Å². The molecule has 12 heteroatoms. The van der Waals surface area contributed by atoms with Gasteiger partial charge in [0.05, 0.1) is 11.4 Å². The minimum Gasteiger partial charge on any atom is -0.348 e. The van der Waals surface area contributed by atoms with Crippen molar-refractivity contribution in [2.45, 2.75) is 44.8 Å². The lowest BCUT2D eigenvalue weighted by molar-refractivity contribution is -0.141. The zero-order valence-corrected chi connectivity index (χ0v) is 19.9. The van der Waals surface area contributed by atoms with Crippen molar-refractivity contribution in [2.24, 2.45) is 7.05 Å². The monoisotopic (exact) mass is 521 g/mol. The number of rotatable bonds is 3. The van der Waals surface area contributed by atoms with Gasteiger partial charge < -0.3 is 5.32 Å². The molecular formula is C25H21F6N5O. The Kier molecular flexibility index (Phi) is 5.80. The molecule has 0 saturated carbocycles. The Morgan fingerprint density at radius 3 is 2.46 bits per heavy atom. The quantitative estimate of drug-likeness (QED) is 0.293. The second-order valence-corrected chi connectivity index (χ2v) is 9.27. The van der Waals surface area contributed by atoms with Gasteiger partial charge in [-0.3, -0.25) is 13.9 Å². The molecule has 0 aliphatic heterocycles. The molecule has 0 radical (unpaired) electrons. The van der Waals surface area contributed by atoms with E-state index < -0.39 is 47.0 Å². The molecule has 1 N–H and O–H groups in total. The first kappa shape index (κ1) is 24.8. The molecule has 1 amide bonds. The fourth-order valence-corrected chi connectivity index (χ4v) is 5.13. The molecule has 2 unspecified atom stereocenters. The number of benzene rings is 1. The maximum absolute atomic E-state index is 14.0. The van der Waals surface area contributed by atoms with Gasteiger partial charge in [-0.1, -0.05) is 13.0 Å². The lowest BCUT2D eigenvalue weighted by Gasteiger charge is -2.28. The summed E-state index contributed by atoms with van der Waals surface area (Å²) in [5.41, 5.74) is 0.0868. The third kappa shape index (κ3) is 4.13. The molecule has 0 bridgehead atoms. The molecule has 5 rings (SSSR count). The van der Waals surface area contributed by atoms with Crippen LogP contribution in [0.4, 0.5) is 26.3 Å². The minimum absolute atomic E-state index is 0.00770. The van der Waals surface area contributed by atoms with Gasteiger partial charge in [0.1, 0.15) is 11.3 Å². The van der Waals surface area contributed by atoms with E-state index in [1.54, 1.807) is 26.1 Å². The fourth-order valence-electron chi connectivity index (χ4n) is 5.13. The Labute approximate surface area is 206 Å². The molecule has 0 fully saturated rings. The van der Waals surface area contributed by atoms with Gasteiger partial charge in [0.15, 0.2) is 23.1 Å². The third-order valence-corrected chi connectivity index (χ3v) is 6.65. The number of carbonyl (C=O) groups is 1. The van der Waals surface area contributed by atoms with Crippen LogP contribution in [0.25, 0.3) is 16.9 Å². The van der Waals surface area contributed by atoms with E-state index in [9.17, 15) is 31.1 Å². The number of halogens is 6. The van der Waals surface area contributed by atoms with Crippen molar-refractivity contribution in [2.75, 3.05) is 0 Å². The van der Waals surface area contributed by atoms with Crippen LogP contribution < -0.4 is 5.32 Å². The maximum Gasteiger partial charge on any atom is 0.435 e. The number of hydrogen-bond acceptors (Lipinski definition) is 3. The summed E-state index contributed by atoms with van der Waals surface area (Å²) >= 11 is 0. The smallest absolute Gasteiger partial charge is 0.348 e. The summed E-state index contributed by atoms with van der Waals surface area (Å²) in [5, 5.41) is 7.15. The highest BCUT2D eigenvalue weighted by atomic mass is 19.4. The third-order valence-electron chi connectivity index (χ3n) is 6.65. The van der Waals surface area contributed by atoms with Crippen molar-refractivity contribution in [1.82, 2.24) is 24.5 Å². The highest BCUT2D eigenvalue weighted by Crippen LogP contribution is 2.38. The maximum atomic E-state index is 14.0. The van der Waals surface area contributed by atoms with Crippen LogP contribution in [0.5, 0.6) is 0 Å². The molecule has 37 heavy (non-hydrogen) atoms. The molecule has 1 aromatic carbocycles. The number of nitrogens with one attached hydrogen (secondary N) is 1. The topological polar surface area (TPSA) is 64.2 Å². The van der Waals surface area contributed by atoms with Crippen molar-refractivity contribution >= 4 is 11.6 Å². The van der Waals surface area contributed by atoms with E-state index in [2.05, 4.69) is 15.4 Å². The van der Waals surface area contributed by atoms with Crippen molar-refractivity contribution in [3.05, 3.63) is 76.1 Å². The first-order chi connectivity index (χ1) is 17.4. The highest BCUT2D eigenvalue weighted by molar-refractivity contribution is 5.95. The van der Waals surface area contributed by atoms with Gasteiger partial charge in [-0.05, 0) is 44.0 Å². The van der Waals surface area contributed by atoms with Crippen LogP contribution in [0.3, 0.4) is 0 Å². The number of carbonyl (C=O) groups excluding carboxylic acids is 1. The number of nitrogens with zero attached hydrogens (tertiary/aromatic N) is 4. The lowest BCUT2D eigenvalue weighted by atomic mass is 9.83. The minimum atomic E-state index is -4.86. The van der Waals surface area contributed by atoms with Crippen LogP contribution in [0.2, 0.25) is 0 Å². The molecule has 3 aromatic heterocycles. The van der Waals surface area contributed by atoms with E-state index in [1.807, 2.05) is 6.92 Å². The number of alkyl halides is 3. The molecule has 0 spiro atoms. The SMILES string of the molecule is Cc1cccc2nc(C(F)(F)F)c(C(=O)NC3Cc4c(nn(C)c4-c4cc(F)c(F)c(F)c4)C(C)C3)n12. The number of aromatic nitrogens is 4. The predicted molar refractivity (Wildman–Crippen MR) is 121 cm³/mol. The normalized spacial score (nSPS) is 17.8. The van der Waals surface area contributed by atoms with E-state index >= 15 is 0 Å². The van der Waals surface area contributed by atoms with Crippen molar-refractivity contribution in [3.8, 4) is 11.3 Å². The van der Waals surface area contributed by atoms with Crippen LogP contribution >= 0.6 is 0 Å². The average Bonchev–Trinajstić information content (AvgIpc) is 3.36. The molecule has 2 atom stereocenters. The zero-order chi connectivity index (χ0) is 26.8. The van der Waals surface area contributed by atoms with Crippen LogP contribution in [0.15, 0.2) is 30.3 Å². The molecule has 194 valence electrons. The second-order valence-electron chi connectivity index (χ2n) is 9.27. The molecule has 4 aromatic rings. The van der Waals surface area contributed by atoms with Gasteiger partial charge >= 0.3 is 6.18 Å². The predicted octanol–water partition coefficient (Wildman–Crippen LogP) is 5.33. The Morgan fingerprint density at radius 2 is 1.81 bits per heavy atom. The summed E-state index contributed by atoms with van der Waals surface area (Å²) in [7, 11) is 1.57. The molecule has 0 saturated heterocycles. The van der Waals surface area contributed by atoms with Crippen molar-refractivity contribution in [3.63, 3.8) is 0 Å². The van der Waals surface area contributed by atoms with Gasteiger partial charge in [-0.2, -0.15) is 18.3 Å². The number of hydrogen-bond donors (Lipinski definition) is 1. The van der Waals surface area contributed by atoms with Gasteiger partial charge in [0.25, 0.3) is 5.91 Å². The summed E-state index contributed by atoms with van der Waals surface area (Å²) in [6, 6.07) is 5.62.